The van der Waals surface area contributed by atoms with Gasteiger partial charge in [0.2, 0.25) is 0 Å². The van der Waals surface area contributed by atoms with Gasteiger partial charge in [-0.15, -0.1) is 11.3 Å². The summed E-state index contributed by atoms with van der Waals surface area (Å²) in [7, 11) is 0. The van der Waals surface area contributed by atoms with Crippen LogP contribution in [-0.4, -0.2) is 11.0 Å². The summed E-state index contributed by atoms with van der Waals surface area (Å²) in [5, 5.41) is 12.1. The van der Waals surface area contributed by atoms with E-state index in [4.69, 9.17) is 0 Å². The zero-order valence-corrected chi connectivity index (χ0v) is 10.5. The zero-order valence-electron chi connectivity index (χ0n) is 8.11. The van der Waals surface area contributed by atoms with Crippen molar-refractivity contribution in [2.24, 2.45) is 0 Å². The highest BCUT2D eigenvalue weighted by Crippen LogP contribution is 2.25. The molecule has 16 heavy (non-hydrogen) atoms. The number of hydrogen-bond acceptors (Lipinski definition) is 3. The topological polar surface area (TPSA) is 49.3 Å². The van der Waals surface area contributed by atoms with Crippen molar-refractivity contribution in [3.8, 4) is 5.75 Å². The van der Waals surface area contributed by atoms with Crippen LogP contribution in [-0.2, 0) is 0 Å². The van der Waals surface area contributed by atoms with Crippen LogP contribution in [0.3, 0.4) is 0 Å². The average Bonchev–Trinajstić information content (AvgIpc) is 2.68. The third-order valence-electron chi connectivity index (χ3n) is 1.95. The van der Waals surface area contributed by atoms with Crippen LogP contribution in [0.5, 0.6) is 5.75 Å². The lowest BCUT2D eigenvalue weighted by Crippen LogP contribution is -2.09. The number of phenols is 1. The molecule has 1 aromatic heterocycles. The van der Waals surface area contributed by atoms with Crippen molar-refractivity contribution in [2.45, 2.75) is 0 Å². The van der Waals surface area contributed by atoms with Gasteiger partial charge in [0, 0.05) is 0 Å². The van der Waals surface area contributed by atoms with Crippen molar-refractivity contribution in [3.63, 3.8) is 0 Å². The van der Waals surface area contributed by atoms with Gasteiger partial charge in [-0.05, 0) is 40.2 Å². The first-order valence-corrected chi connectivity index (χ1v) is 6.12. The molecule has 0 unspecified atom stereocenters. The quantitative estimate of drug-likeness (QED) is 0.834. The first-order valence-electron chi connectivity index (χ1n) is 4.51. The molecule has 0 bridgehead atoms. The first kappa shape index (κ1) is 11.2. The molecular weight excluding hydrogens is 290 g/mol. The van der Waals surface area contributed by atoms with E-state index in [2.05, 4.69) is 21.2 Å². The van der Waals surface area contributed by atoms with E-state index in [9.17, 15) is 9.90 Å². The molecule has 0 aliphatic rings. The van der Waals surface area contributed by atoms with Gasteiger partial charge in [0.25, 0.3) is 5.91 Å². The molecule has 1 aromatic carbocycles. The van der Waals surface area contributed by atoms with Crippen LogP contribution in [0.1, 0.15) is 9.67 Å². The standard InChI is InChI=1S/C11H8BrNO2S/c12-10-6-5-9(16-10)11(15)13-7-3-1-2-4-8(7)14/h1-6,14H,(H,13,15). The van der Waals surface area contributed by atoms with Crippen LogP contribution in [0.25, 0.3) is 0 Å². The number of hydrogen-bond donors (Lipinski definition) is 2. The second kappa shape index (κ2) is 4.67. The van der Waals surface area contributed by atoms with Crippen LogP contribution in [0.2, 0.25) is 0 Å². The molecule has 0 radical (unpaired) electrons. The maximum Gasteiger partial charge on any atom is 0.265 e. The Hall–Kier alpha value is -1.33. The van der Waals surface area contributed by atoms with Gasteiger partial charge in [-0.25, -0.2) is 0 Å². The highest BCUT2D eigenvalue weighted by Gasteiger charge is 2.10. The number of benzene rings is 1. The summed E-state index contributed by atoms with van der Waals surface area (Å²) in [6.45, 7) is 0. The monoisotopic (exact) mass is 297 g/mol. The number of anilines is 1. The minimum atomic E-state index is -0.225. The van der Waals surface area contributed by atoms with E-state index in [-0.39, 0.29) is 11.7 Å². The Morgan fingerprint density at radius 1 is 1.25 bits per heavy atom. The molecule has 0 aliphatic carbocycles. The molecule has 0 atom stereocenters. The number of carbonyl (C=O) groups is 1. The lowest BCUT2D eigenvalue weighted by Gasteiger charge is -2.04. The fraction of sp³-hybridized carbons (Fsp3) is 0. The molecular formula is C11H8BrNO2S. The summed E-state index contributed by atoms with van der Waals surface area (Å²) in [4.78, 5) is 12.3. The van der Waals surface area contributed by atoms with Crippen molar-refractivity contribution < 1.29 is 9.90 Å². The lowest BCUT2D eigenvalue weighted by atomic mass is 10.3. The number of aromatic hydroxyl groups is 1. The Morgan fingerprint density at radius 2 is 2.00 bits per heavy atom. The van der Waals surface area contributed by atoms with E-state index >= 15 is 0 Å². The molecule has 1 heterocycles. The molecule has 2 N–H and O–H groups in total. The van der Waals surface area contributed by atoms with Gasteiger partial charge in [-0.1, -0.05) is 12.1 Å². The Bertz CT molecular complexity index is 524. The second-order valence-corrected chi connectivity index (χ2v) is 5.54. The van der Waals surface area contributed by atoms with Gasteiger partial charge in [0.1, 0.15) is 5.75 Å². The minimum absolute atomic E-state index is 0.0615. The molecule has 0 saturated heterocycles. The number of rotatable bonds is 2. The number of carbonyl (C=O) groups excluding carboxylic acids is 1. The van der Waals surface area contributed by atoms with Gasteiger partial charge >= 0.3 is 0 Å². The van der Waals surface area contributed by atoms with Gasteiger partial charge in [0.05, 0.1) is 14.4 Å². The number of amides is 1. The van der Waals surface area contributed by atoms with Crippen LogP contribution < -0.4 is 5.32 Å². The molecule has 1 amide bonds. The number of nitrogens with one attached hydrogen (secondary N) is 1. The second-order valence-electron chi connectivity index (χ2n) is 3.08. The van der Waals surface area contributed by atoms with Gasteiger partial charge in [0.15, 0.2) is 0 Å². The fourth-order valence-electron chi connectivity index (χ4n) is 1.20. The molecule has 0 fully saturated rings. The Kier molecular flexibility index (Phi) is 3.26. The normalized spacial score (nSPS) is 10.1. The third kappa shape index (κ3) is 2.43. The Labute approximate surface area is 105 Å². The number of phenolic OH excluding ortho intramolecular Hbond substituents is 1. The maximum atomic E-state index is 11.7. The van der Waals surface area contributed by atoms with E-state index in [0.29, 0.717) is 10.6 Å². The molecule has 0 aliphatic heterocycles. The SMILES string of the molecule is O=C(Nc1ccccc1O)c1ccc(Br)s1. The summed E-state index contributed by atoms with van der Waals surface area (Å²) in [5.74, 6) is -0.163. The zero-order chi connectivity index (χ0) is 11.5. The summed E-state index contributed by atoms with van der Waals surface area (Å²) in [6.07, 6.45) is 0. The van der Waals surface area contributed by atoms with Crippen LogP contribution >= 0.6 is 27.3 Å². The third-order valence-corrected chi connectivity index (χ3v) is 3.57. The molecule has 3 nitrogen and oxygen atoms in total. The predicted molar refractivity (Wildman–Crippen MR) is 68.1 cm³/mol. The Balaban J connectivity index is 2.17. The van der Waals surface area contributed by atoms with Gasteiger partial charge in [-0.2, -0.15) is 0 Å². The van der Waals surface area contributed by atoms with E-state index < -0.39 is 0 Å². The summed E-state index contributed by atoms with van der Waals surface area (Å²) < 4.78 is 0.898. The number of para-hydroxylation sites is 2. The van der Waals surface area contributed by atoms with E-state index in [0.717, 1.165) is 3.79 Å². The predicted octanol–water partition coefficient (Wildman–Crippen LogP) is 3.47. The smallest absolute Gasteiger partial charge is 0.265 e. The van der Waals surface area contributed by atoms with Crippen molar-refractivity contribution in [1.82, 2.24) is 0 Å². The van der Waals surface area contributed by atoms with Crippen molar-refractivity contribution in [1.29, 1.82) is 0 Å². The summed E-state index contributed by atoms with van der Waals surface area (Å²) in [5.41, 5.74) is 0.414. The van der Waals surface area contributed by atoms with Crippen LogP contribution in [0.4, 0.5) is 5.69 Å². The van der Waals surface area contributed by atoms with E-state index in [1.54, 1.807) is 24.3 Å². The molecule has 5 heteroatoms. The largest absolute Gasteiger partial charge is 0.506 e. The first-order chi connectivity index (χ1) is 7.66. The summed E-state index contributed by atoms with van der Waals surface area (Å²) >= 11 is 4.63. The van der Waals surface area contributed by atoms with Gasteiger partial charge < -0.3 is 10.4 Å². The van der Waals surface area contributed by atoms with Crippen molar-refractivity contribution >= 4 is 38.9 Å². The summed E-state index contributed by atoms with van der Waals surface area (Å²) in [6, 6.07) is 10.2. The number of halogens is 1. The highest BCUT2D eigenvalue weighted by molar-refractivity contribution is 9.11. The molecule has 2 aromatic rings. The molecule has 0 saturated carbocycles. The van der Waals surface area contributed by atoms with Crippen LogP contribution in [0, 0.1) is 0 Å². The minimum Gasteiger partial charge on any atom is -0.506 e. The molecule has 82 valence electrons. The fourth-order valence-corrected chi connectivity index (χ4v) is 2.48. The molecule has 2 rings (SSSR count). The van der Waals surface area contributed by atoms with Crippen molar-refractivity contribution in [3.05, 3.63) is 45.1 Å². The lowest BCUT2D eigenvalue weighted by molar-refractivity contribution is 0.103. The van der Waals surface area contributed by atoms with Crippen LogP contribution in [0.15, 0.2) is 40.2 Å². The highest BCUT2D eigenvalue weighted by atomic mass is 79.9. The Morgan fingerprint density at radius 3 is 2.62 bits per heavy atom. The maximum absolute atomic E-state index is 11.7. The van der Waals surface area contributed by atoms with E-state index in [1.165, 1.54) is 17.4 Å². The van der Waals surface area contributed by atoms with Gasteiger partial charge in [-0.3, -0.25) is 4.79 Å². The average molecular weight is 298 g/mol. The van der Waals surface area contributed by atoms with E-state index in [1.807, 2.05) is 6.07 Å². The molecule has 0 spiro atoms. The number of thiophene rings is 1. The van der Waals surface area contributed by atoms with Crippen molar-refractivity contribution in [2.75, 3.05) is 5.32 Å².